The van der Waals surface area contributed by atoms with Gasteiger partial charge in [-0.15, -0.1) is 0 Å². The monoisotopic (exact) mass is 738 g/mol. The molecule has 2 aliphatic heterocycles. The van der Waals surface area contributed by atoms with Gasteiger partial charge in [0.15, 0.2) is 0 Å². The standard InChI is InChI=1S/C18H4Br6N2O/c19-5-3-6-7(20)1-2-8-10(6)9(4-5)26-17(25-8)11-12(18(26)27)14(22)16(24)15(23)13(11)21/h1-4H. The molecule has 2 heterocycles. The van der Waals surface area contributed by atoms with E-state index in [2.05, 4.69) is 95.6 Å². The fraction of sp³-hybridized carbons (Fsp3) is 0. The third-order valence-electron chi connectivity index (χ3n) is 4.57. The molecule has 9 heteroatoms. The zero-order valence-corrected chi connectivity index (χ0v) is 22.4. The van der Waals surface area contributed by atoms with Gasteiger partial charge >= 0.3 is 0 Å². The number of fused-ring (bicyclic) bond motifs is 4. The van der Waals surface area contributed by atoms with Gasteiger partial charge in [0, 0.05) is 43.2 Å². The molecule has 0 fully saturated rings. The Balaban J connectivity index is 1.94. The van der Waals surface area contributed by atoms with Crippen molar-refractivity contribution in [3.8, 4) is 0 Å². The molecule has 0 saturated carbocycles. The van der Waals surface area contributed by atoms with Crippen molar-refractivity contribution in [2.24, 2.45) is 4.99 Å². The van der Waals surface area contributed by atoms with Crippen LogP contribution in [0.25, 0.3) is 10.8 Å². The summed E-state index contributed by atoms with van der Waals surface area (Å²) in [6.07, 6.45) is 0. The number of hydrogen-bond donors (Lipinski definition) is 0. The van der Waals surface area contributed by atoms with Gasteiger partial charge in [-0.25, -0.2) is 4.99 Å². The van der Waals surface area contributed by atoms with E-state index < -0.39 is 0 Å². The smallest absolute Gasteiger partial charge is 0.266 e. The summed E-state index contributed by atoms with van der Waals surface area (Å²) in [6, 6.07) is 7.93. The van der Waals surface area contributed by atoms with Crippen LogP contribution in [0.15, 0.2) is 56.1 Å². The Kier molecular flexibility index (Phi) is 4.54. The highest BCUT2D eigenvalue weighted by atomic mass is 79.9. The van der Waals surface area contributed by atoms with E-state index in [9.17, 15) is 4.79 Å². The maximum atomic E-state index is 13.4. The van der Waals surface area contributed by atoms with Gasteiger partial charge in [0.1, 0.15) is 5.84 Å². The number of anilines is 1. The number of carbonyl (C=O) groups excluding carboxylic acids is 1. The van der Waals surface area contributed by atoms with Crippen LogP contribution in [0.5, 0.6) is 0 Å². The molecule has 0 aromatic heterocycles. The quantitative estimate of drug-likeness (QED) is 0.168. The lowest BCUT2D eigenvalue weighted by atomic mass is 10.0. The summed E-state index contributed by atoms with van der Waals surface area (Å²) in [5, 5.41) is 1.95. The summed E-state index contributed by atoms with van der Waals surface area (Å²) in [5.74, 6) is 0.500. The van der Waals surface area contributed by atoms with Crippen molar-refractivity contribution in [3.63, 3.8) is 0 Å². The van der Waals surface area contributed by atoms with E-state index in [1.54, 1.807) is 4.90 Å². The lowest BCUT2D eigenvalue weighted by Crippen LogP contribution is -2.31. The summed E-state index contributed by atoms with van der Waals surface area (Å²) in [5.41, 5.74) is 3.00. The molecule has 3 aromatic carbocycles. The number of halogens is 6. The van der Waals surface area contributed by atoms with Gasteiger partial charge in [-0.05, 0) is 88.0 Å². The molecule has 0 unspecified atom stereocenters. The first-order chi connectivity index (χ1) is 12.8. The van der Waals surface area contributed by atoms with Crippen molar-refractivity contribution in [1.29, 1.82) is 0 Å². The zero-order valence-electron chi connectivity index (χ0n) is 12.9. The molecule has 0 spiro atoms. The number of nitrogens with zero attached hydrogens (tertiary/aromatic N) is 2. The van der Waals surface area contributed by atoms with Gasteiger partial charge in [-0.3, -0.25) is 9.69 Å². The largest absolute Gasteiger partial charge is 0.268 e. The van der Waals surface area contributed by atoms with Gasteiger partial charge in [0.05, 0.1) is 16.9 Å². The zero-order chi connectivity index (χ0) is 19.2. The van der Waals surface area contributed by atoms with Crippen LogP contribution in [0.4, 0.5) is 11.4 Å². The van der Waals surface area contributed by atoms with E-state index in [0.29, 0.717) is 15.9 Å². The van der Waals surface area contributed by atoms with Crippen molar-refractivity contribution in [1.82, 2.24) is 0 Å². The Labute approximate surface area is 204 Å². The SMILES string of the molecule is O=C1c2c(Br)c(Br)c(Br)c(Br)c2C2=Nc3ccc(Br)c4cc(Br)cc(c34)N12. The van der Waals surface area contributed by atoms with Crippen molar-refractivity contribution < 1.29 is 4.79 Å². The predicted octanol–water partition coefficient (Wildman–Crippen LogP) is 8.47. The summed E-state index contributed by atoms with van der Waals surface area (Å²) in [7, 11) is 0. The number of hydrogen-bond acceptors (Lipinski definition) is 2. The third kappa shape index (κ3) is 2.51. The van der Waals surface area contributed by atoms with E-state index >= 15 is 0 Å². The van der Waals surface area contributed by atoms with Gasteiger partial charge in [-0.1, -0.05) is 31.9 Å². The number of aliphatic imine (C=N–C) groups is 1. The Morgan fingerprint density at radius 3 is 2.19 bits per heavy atom. The van der Waals surface area contributed by atoms with Crippen LogP contribution in [-0.4, -0.2) is 11.7 Å². The number of rotatable bonds is 0. The van der Waals surface area contributed by atoms with Crippen molar-refractivity contribution in [2.75, 3.05) is 4.90 Å². The molecule has 2 aliphatic rings. The van der Waals surface area contributed by atoms with Crippen LogP contribution < -0.4 is 4.90 Å². The van der Waals surface area contributed by atoms with Gasteiger partial charge in [-0.2, -0.15) is 0 Å². The van der Waals surface area contributed by atoms with Crippen LogP contribution in [0.3, 0.4) is 0 Å². The Morgan fingerprint density at radius 2 is 1.48 bits per heavy atom. The van der Waals surface area contributed by atoms with Gasteiger partial charge in [0.2, 0.25) is 0 Å². The van der Waals surface area contributed by atoms with E-state index in [0.717, 1.165) is 50.1 Å². The molecule has 0 atom stereocenters. The average molecular weight is 744 g/mol. The Hall–Kier alpha value is -0.0600. The minimum atomic E-state index is -0.116. The topological polar surface area (TPSA) is 32.7 Å². The lowest BCUT2D eigenvalue weighted by molar-refractivity contribution is 0.101. The highest BCUT2D eigenvalue weighted by Crippen LogP contribution is 2.51. The fourth-order valence-corrected chi connectivity index (χ4v) is 6.81. The molecule has 0 aliphatic carbocycles. The van der Waals surface area contributed by atoms with Crippen molar-refractivity contribution in [2.45, 2.75) is 0 Å². The first kappa shape index (κ1) is 18.9. The molecule has 0 saturated heterocycles. The van der Waals surface area contributed by atoms with E-state index in [1.165, 1.54) is 0 Å². The van der Waals surface area contributed by atoms with Crippen LogP contribution in [0.2, 0.25) is 0 Å². The molecule has 3 nitrogen and oxygen atoms in total. The van der Waals surface area contributed by atoms with Gasteiger partial charge < -0.3 is 0 Å². The first-order valence-electron chi connectivity index (χ1n) is 7.52. The first-order valence-corrected chi connectivity index (χ1v) is 12.3. The fourth-order valence-electron chi connectivity index (χ4n) is 3.45. The highest BCUT2D eigenvalue weighted by molar-refractivity contribution is 9.15. The Morgan fingerprint density at radius 1 is 0.815 bits per heavy atom. The van der Waals surface area contributed by atoms with Crippen LogP contribution >= 0.6 is 95.6 Å². The highest BCUT2D eigenvalue weighted by Gasteiger charge is 2.42. The summed E-state index contributed by atoms with van der Waals surface area (Å²) in [6.45, 7) is 0. The molecule has 134 valence electrons. The second-order valence-corrected chi connectivity index (χ2v) is 10.9. The van der Waals surface area contributed by atoms with E-state index in [4.69, 9.17) is 4.99 Å². The molecule has 3 aromatic rings. The number of benzene rings is 3. The summed E-state index contributed by atoms with van der Waals surface area (Å²) in [4.78, 5) is 20.0. The molecule has 27 heavy (non-hydrogen) atoms. The summed E-state index contributed by atoms with van der Waals surface area (Å²) < 4.78 is 4.95. The minimum absolute atomic E-state index is 0.116. The van der Waals surface area contributed by atoms with Crippen molar-refractivity contribution in [3.05, 3.63) is 62.2 Å². The number of amidine groups is 1. The molecular weight excluding hydrogens is 740 g/mol. The maximum Gasteiger partial charge on any atom is 0.266 e. The number of amides is 1. The summed E-state index contributed by atoms with van der Waals surface area (Å²) >= 11 is 21.5. The third-order valence-corrected chi connectivity index (χ3v) is 10.5. The lowest BCUT2D eigenvalue weighted by Gasteiger charge is -2.25. The normalized spacial score (nSPS) is 14.5. The molecule has 0 radical (unpaired) electrons. The van der Waals surface area contributed by atoms with Gasteiger partial charge in [0.25, 0.3) is 5.91 Å². The van der Waals surface area contributed by atoms with Crippen LogP contribution in [-0.2, 0) is 0 Å². The number of carbonyl (C=O) groups is 1. The molecule has 0 N–H and O–H groups in total. The van der Waals surface area contributed by atoms with Crippen LogP contribution in [0.1, 0.15) is 15.9 Å². The second-order valence-electron chi connectivity index (χ2n) is 6.00. The van der Waals surface area contributed by atoms with Crippen molar-refractivity contribution >= 4 is 129 Å². The predicted molar refractivity (Wildman–Crippen MR) is 130 cm³/mol. The average Bonchev–Trinajstić information content (AvgIpc) is 2.93. The molecule has 0 bridgehead atoms. The second kappa shape index (κ2) is 6.47. The minimum Gasteiger partial charge on any atom is -0.268 e. The Bertz CT molecular complexity index is 1270. The van der Waals surface area contributed by atoms with E-state index in [-0.39, 0.29) is 5.91 Å². The molecular formula is C18H4Br6N2O. The molecule has 1 amide bonds. The van der Waals surface area contributed by atoms with E-state index in [1.807, 2.05) is 24.3 Å². The molecule has 5 rings (SSSR count). The van der Waals surface area contributed by atoms with Crippen LogP contribution in [0, 0.1) is 0 Å². The maximum absolute atomic E-state index is 13.4.